The fourth-order valence-corrected chi connectivity index (χ4v) is 4.83. The first-order valence-electron chi connectivity index (χ1n) is 7.79. The van der Waals surface area contributed by atoms with E-state index in [-0.39, 0.29) is 0 Å². The fraction of sp³-hybridized carbons (Fsp3) is 0.294. The van der Waals surface area contributed by atoms with Gasteiger partial charge in [0.15, 0.2) is 0 Å². The smallest absolute Gasteiger partial charge is 0.243 e. The molecule has 0 atom stereocenters. The summed E-state index contributed by atoms with van der Waals surface area (Å²) in [6.45, 7) is 3.31. The molecule has 0 spiro atoms. The molecule has 2 aromatic rings. The second-order valence-corrected chi connectivity index (χ2v) is 8.66. The maximum atomic E-state index is 12.6. The van der Waals surface area contributed by atoms with E-state index in [0.717, 1.165) is 25.2 Å². The van der Waals surface area contributed by atoms with Crippen molar-refractivity contribution in [3.63, 3.8) is 0 Å². The summed E-state index contributed by atoms with van der Waals surface area (Å²) < 4.78 is 26.8. The van der Waals surface area contributed by atoms with Crippen molar-refractivity contribution in [2.75, 3.05) is 26.2 Å². The Bertz CT molecular complexity index is 805. The summed E-state index contributed by atoms with van der Waals surface area (Å²) in [6, 6.07) is 14.1. The van der Waals surface area contributed by atoms with E-state index in [0.29, 0.717) is 28.0 Å². The average molecular weight is 386 g/mol. The number of sulfonamides is 1. The molecule has 1 fully saturated rings. The molecule has 1 N–H and O–H groups in total. The maximum absolute atomic E-state index is 12.6. The van der Waals surface area contributed by atoms with E-state index in [9.17, 15) is 8.42 Å². The van der Waals surface area contributed by atoms with E-state index in [1.54, 1.807) is 34.6 Å². The lowest BCUT2D eigenvalue weighted by molar-refractivity contribution is -0.917. The molecular weight excluding hydrogens is 367 g/mol. The van der Waals surface area contributed by atoms with Crippen molar-refractivity contribution in [1.29, 1.82) is 0 Å². The first-order chi connectivity index (χ1) is 11.5. The number of piperazine rings is 1. The predicted molar refractivity (Wildman–Crippen MR) is 96.1 cm³/mol. The van der Waals surface area contributed by atoms with E-state index in [2.05, 4.69) is 0 Å². The van der Waals surface area contributed by atoms with Gasteiger partial charge in [-0.25, -0.2) is 8.42 Å². The van der Waals surface area contributed by atoms with Crippen LogP contribution in [0.3, 0.4) is 0 Å². The van der Waals surface area contributed by atoms with Crippen molar-refractivity contribution in [3.05, 3.63) is 64.1 Å². The lowest BCUT2D eigenvalue weighted by atomic mass is 10.2. The van der Waals surface area contributed by atoms with Crippen LogP contribution >= 0.6 is 23.2 Å². The summed E-state index contributed by atoms with van der Waals surface area (Å²) in [6.07, 6.45) is 0. The highest BCUT2D eigenvalue weighted by Gasteiger charge is 2.30. The second-order valence-electron chi connectivity index (χ2n) is 5.88. The highest BCUT2D eigenvalue weighted by atomic mass is 35.5. The molecule has 0 amide bonds. The molecule has 2 aromatic carbocycles. The Morgan fingerprint density at radius 1 is 1.00 bits per heavy atom. The number of halogens is 2. The highest BCUT2D eigenvalue weighted by molar-refractivity contribution is 7.89. The maximum Gasteiger partial charge on any atom is 0.243 e. The van der Waals surface area contributed by atoms with E-state index in [4.69, 9.17) is 23.2 Å². The van der Waals surface area contributed by atoms with E-state index in [1.807, 2.05) is 18.2 Å². The normalized spacial score (nSPS) is 17.1. The Labute approximate surface area is 152 Å². The van der Waals surface area contributed by atoms with Gasteiger partial charge >= 0.3 is 0 Å². The van der Waals surface area contributed by atoms with Gasteiger partial charge in [0, 0.05) is 10.6 Å². The van der Waals surface area contributed by atoms with Crippen LogP contribution in [0.25, 0.3) is 0 Å². The Hall–Kier alpha value is -1.11. The van der Waals surface area contributed by atoms with Gasteiger partial charge in [-0.05, 0) is 24.3 Å². The van der Waals surface area contributed by atoms with Crippen molar-refractivity contribution in [2.45, 2.75) is 11.4 Å². The van der Waals surface area contributed by atoms with Crippen LogP contribution in [-0.4, -0.2) is 38.9 Å². The molecule has 1 aliphatic rings. The molecule has 0 aromatic heterocycles. The van der Waals surface area contributed by atoms with Gasteiger partial charge in [0.25, 0.3) is 0 Å². The topological polar surface area (TPSA) is 41.8 Å². The van der Waals surface area contributed by atoms with Gasteiger partial charge in [-0.15, -0.1) is 0 Å². The number of rotatable bonds is 4. The molecule has 0 bridgehead atoms. The van der Waals surface area contributed by atoms with Crippen LogP contribution in [0.4, 0.5) is 0 Å². The fourth-order valence-electron chi connectivity index (χ4n) is 2.90. The van der Waals surface area contributed by atoms with Gasteiger partial charge in [-0.3, -0.25) is 0 Å². The minimum atomic E-state index is -3.40. The summed E-state index contributed by atoms with van der Waals surface area (Å²) in [7, 11) is -3.40. The number of hydrogen-bond acceptors (Lipinski definition) is 2. The van der Waals surface area contributed by atoms with Gasteiger partial charge in [0.1, 0.15) is 6.54 Å². The average Bonchev–Trinajstić information content (AvgIpc) is 2.59. The van der Waals surface area contributed by atoms with Gasteiger partial charge in [-0.2, -0.15) is 4.31 Å². The van der Waals surface area contributed by atoms with Crippen LogP contribution in [0, 0.1) is 0 Å². The van der Waals surface area contributed by atoms with Gasteiger partial charge < -0.3 is 4.90 Å². The molecule has 0 unspecified atom stereocenters. The van der Waals surface area contributed by atoms with Crippen LogP contribution < -0.4 is 4.90 Å². The number of nitrogens with zero attached hydrogens (tertiary/aromatic N) is 1. The van der Waals surface area contributed by atoms with Crippen molar-refractivity contribution in [1.82, 2.24) is 4.31 Å². The number of benzene rings is 2. The first-order valence-corrected chi connectivity index (χ1v) is 9.99. The molecule has 1 aliphatic heterocycles. The summed E-state index contributed by atoms with van der Waals surface area (Å²) >= 11 is 12.1. The lowest BCUT2D eigenvalue weighted by Crippen LogP contribution is -3.13. The zero-order valence-corrected chi connectivity index (χ0v) is 15.4. The quantitative estimate of drug-likeness (QED) is 0.875. The lowest BCUT2D eigenvalue weighted by Gasteiger charge is -2.31. The molecule has 7 heteroatoms. The van der Waals surface area contributed by atoms with Gasteiger partial charge in [0.05, 0.1) is 36.1 Å². The Kier molecular flexibility index (Phi) is 5.47. The third-order valence-corrected chi connectivity index (χ3v) is 6.77. The molecule has 1 heterocycles. The second kappa shape index (κ2) is 7.42. The Balaban J connectivity index is 1.64. The number of hydrogen-bond donors (Lipinski definition) is 1. The Morgan fingerprint density at radius 3 is 2.29 bits per heavy atom. The zero-order chi connectivity index (χ0) is 17.2. The molecule has 128 valence electrons. The molecule has 0 radical (unpaired) electrons. The summed E-state index contributed by atoms with van der Waals surface area (Å²) in [5.74, 6) is 0. The molecule has 0 saturated carbocycles. The molecule has 4 nitrogen and oxygen atoms in total. The number of nitrogens with one attached hydrogen (secondary N) is 1. The van der Waals surface area contributed by atoms with Crippen LogP contribution in [0.1, 0.15) is 5.56 Å². The van der Waals surface area contributed by atoms with Crippen molar-refractivity contribution in [3.8, 4) is 0 Å². The SMILES string of the molecule is O=S(=O)(c1ccccc1)N1CC[NH+](Cc2ccc(Cl)cc2Cl)CC1. The summed E-state index contributed by atoms with van der Waals surface area (Å²) in [5, 5.41) is 1.28. The Morgan fingerprint density at radius 2 is 1.67 bits per heavy atom. The highest BCUT2D eigenvalue weighted by Crippen LogP contribution is 2.20. The molecular formula is C17H19Cl2N2O2S+. The van der Waals surface area contributed by atoms with Crippen LogP contribution in [0.2, 0.25) is 10.0 Å². The largest absolute Gasteiger partial charge is 0.329 e. The van der Waals surface area contributed by atoms with Gasteiger partial charge in [-0.1, -0.05) is 47.5 Å². The molecule has 3 rings (SSSR count). The predicted octanol–water partition coefficient (Wildman–Crippen LogP) is 2.08. The van der Waals surface area contributed by atoms with Crippen molar-refractivity contribution >= 4 is 33.2 Å². The first kappa shape index (κ1) is 17.7. The zero-order valence-electron chi connectivity index (χ0n) is 13.1. The van der Waals surface area contributed by atoms with E-state index in [1.165, 1.54) is 4.90 Å². The summed E-state index contributed by atoms with van der Waals surface area (Å²) in [4.78, 5) is 1.67. The number of quaternary nitrogens is 1. The monoisotopic (exact) mass is 385 g/mol. The minimum absolute atomic E-state index is 0.356. The van der Waals surface area contributed by atoms with Crippen LogP contribution in [0.15, 0.2) is 53.4 Å². The van der Waals surface area contributed by atoms with Crippen LogP contribution in [-0.2, 0) is 16.6 Å². The van der Waals surface area contributed by atoms with Crippen molar-refractivity contribution in [2.24, 2.45) is 0 Å². The molecule has 1 saturated heterocycles. The standard InChI is InChI=1S/C17H18Cl2N2O2S/c18-15-7-6-14(17(19)12-15)13-20-8-10-21(11-9-20)24(22,23)16-4-2-1-3-5-16/h1-7,12H,8-11,13H2/p+1. The van der Waals surface area contributed by atoms with Crippen LogP contribution in [0.5, 0.6) is 0 Å². The third-order valence-electron chi connectivity index (χ3n) is 4.27. The van der Waals surface area contributed by atoms with E-state index >= 15 is 0 Å². The molecule has 24 heavy (non-hydrogen) atoms. The minimum Gasteiger partial charge on any atom is -0.329 e. The van der Waals surface area contributed by atoms with Gasteiger partial charge in [0.2, 0.25) is 10.0 Å². The van der Waals surface area contributed by atoms with E-state index < -0.39 is 10.0 Å². The van der Waals surface area contributed by atoms with Crippen molar-refractivity contribution < 1.29 is 13.3 Å². The summed E-state index contributed by atoms with van der Waals surface area (Å²) in [5.41, 5.74) is 1.04. The third kappa shape index (κ3) is 3.92. The molecule has 0 aliphatic carbocycles.